The summed E-state index contributed by atoms with van der Waals surface area (Å²) in [6.45, 7) is 7.15. The van der Waals surface area contributed by atoms with Gasteiger partial charge in [0, 0.05) is 66.0 Å². The van der Waals surface area contributed by atoms with E-state index < -0.39 is 35.3 Å². The van der Waals surface area contributed by atoms with Gasteiger partial charge >= 0.3 is 11.4 Å². The zero-order valence-electron chi connectivity index (χ0n) is 34.4. The Bertz CT molecular complexity index is 2140. The molecule has 3 atom stereocenters. The van der Waals surface area contributed by atoms with E-state index in [0.717, 1.165) is 67.4 Å². The Morgan fingerprint density at radius 1 is 0.881 bits per heavy atom. The lowest BCUT2D eigenvalue weighted by Gasteiger charge is -2.16. The highest BCUT2D eigenvalue weighted by molar-refractivity contribution is 7.99. The van der Waals surface area contributed by atoms with Crippen molar-refractivity contribution in [1.29, 1.82) is 0 Å². The molecule has 0 radical (unpaired) electrons. The summed E-state index contributed by atoms with van der Waals surface area (Å²) in [6.07, 6.45) is 10.4. The number of azide groups is 1. The molecular formula is C41H59N9O8S. The largest absolute Gasteiger partial charge is 0.394 e. The maximum Gasteiger partial charge on any atom is 0.330 e. The number of aryl methyl sites for hydroxylation is 3. The maximum atomic E-state index is 12.8. The van der Waals surface area contributed by atoms with Crippen molar-refractivity contribution in [3.63, 3.8) is 0 Å². The molecule has 17 nitrogen and oxygen atoms in total. The van der Waals surface area contributed by atoms with E-state index in [9.17, 15) is 33.9 Å². The molecule has 1 aliphatic heterocycles. The van der Waals surface area contributed by atoms with Gasteiger partial charge in [0.25, 0.3) is 11.1 Å². The summed E-state index contributed by atoms with van der Waals surface area (Å²) in [5.74, 6) is -0.194. The molecule has 5 N–H and O–H groups in total. The van der Waals surface area contributed by atoms with E-state index in [4.69, 9.17) is 10.3 Å². The number of unbranched alkanes of at least 4 members (excludes halogenated alkanes) is 8. The van der Waals surface area contributed by atoms with E-state index in [1.54, 1.807) is 4.57 Å². The number of aromatic amines is 2. The fourth-order valence-electron chi connectivity index (χ4n) is 7.23. The number of aliphatic hydroxyl groups is 1. The number of rotatable bonds is 25. The van der Waals surface area contributed by atoms with Crippen molar-refractivity contribution in [1.82, 2.24) is 29.7 Å². The summed E-state index contributed by atoms with van der Waals surface area (Å²) in [5.41, 5.74) is 9.77. The second-order valence-corrected chi connectivity index (χ2v) is 16.2. The monoisotopic (exact) mass is 837 g/mol. The van der Waals surface area contributed by atoms with Gasteiger partial charge in [-0.3, -0.25) is 38.3 Å². The van der Waals surface area contributed by atoms with Crippen LogP contribution in [0.5, 0.6) is 0 Å². The number of carbonyl (C=O) groups excluding carboxylic acids is 2. The Morgan fingerprint density at radius 2 is 1.49 bits per heavy atom. The highest BCUT2D eigenvalue weighted by Gasteiger charge is 2.36. The number of amides is 2. The van der Waals surface area contributed by atoms with Crippen LogP contribution in [0.4, 0.5) is 0 Å². The van der Waals surface area contributed by atoms with E-state index in [1.165, 1.54) is 22.5 Å². The molecule has 0 saturated carbocycles. The fraction of sp³-hybridized carbons (Fsp3) is 0.610. The average Bonchev–Trinajstić information content (AvgIpc) is 3.59. The van der Waals surface area contributed by atoms with E-state index in [1.807, 2.05) is 32.9 Å². The molecule has 0 spiro atoms. The number of aliphatic hydroxyl groups excluding tert-OH is 1. The van der Waals surface area contributed by atoms with E-state index in [2.05, 4.69) is 36.7 Å². The molecule has 2 amide bonds. The van der Waals surface area contributed by atoms with Gasteiger partial charge in [0.05, 0.1) is 23.8 Å². The second-order valence-electron chi connectivity index (χ2n) is 15.1. The number of nitrogens with zero attached hydrogens (tertiary/aromatic N) is 5. The molecular weight excluding hydrogens is 779 g/mol. The van der Waals surface area contributed by atoms with Crippen molar-refractivity contribution >= 4 is 23.6 Å². The van der Waals surface area contributed by atoms with Gasteiger partial charge in [0.15, 0.2) is 0 Å². The standard InChI is InChI=1S/C41H59N9O8S/c1-4-31-38(55)46-40(56)49(39(31)59-30-22-27(2)21-28(3)23-30)20-14-11-15-34(52)43-18-12-9-7-5-6-8-10-13-19-44-35(53)17-16-29-25-50(41(57)45-37(29)54)36-24-32(47-48-42)33(26-51)58-36/h21-23,25,32-33,36,51H,4-20,24,26H2,1-3H3,(H,43,52)(H,44,53)(H,45,54,57)(H,46,55,56)/t32-,33+,36+/m0/s1. The number of ether oxygens (including phenoxy) is 1. The Labute approximate surface area is 347 Å². The van der Waals surface area contributed by atoms with Gasteiger partial charge in [-0.25, -0.2) is 9.59 Å². The van der Waals surface area contributed by atoms with Crippen molar-refractivity contribution in [2.45, 2.75) is 152 Å². The van der Waals surface area contributed by atoms with E-state index in [-0.39, 0.29) is 48.8 Å². The average molecular weight is 838 g/mol. The molecule has 0 bridgehead atoms. The first-order valence-electron chi connectivity index (χ1n) is 20.7. The van der Waals surface area contributed by atoms with Crippen molar-refractivity contribution < 1.29 is 19.4 Å². The third-order valence-electron chi connectivity index (χ3n) is 10.3. The van der Waals surface area contributed by atoms with Crippen LogP contribution in [0, 0.1) is 13.8 Å². The minimum Gasteiger partial charge on any atom is -0.394 e. The molecule has 3 heterocycles. The SMILES string of the molecule is CCc1c(Sc2cc(C)cc(C)c2)n(CCCCC(=O)NCCCCCCCCCCNC(=O)CCc2cn([C@H]3C[C@H](N=[N+]=[N-])[C@@H](CO)O3)c(=O)[nH]c2=O)c(=O)[nH]c1=O. The first kappa shape index (κ1) is 46.8. The summed E-state index contributed by atoms with van der Waals surface area (Å²) in [5, 5.41) is 19.7. The van der Waals surface area contributed by atoms with Crippen LogP contribution in [0.1, 0.15) is 119 Å². The Kier molecular flexibility index (Phi) is 19.2. The normalized spacial score (nSPS) is 16.2. The quantitative estimate of drug-likeness (QED) is 0.0258. The molecule has 4 rings (SSSR count). The van der Waals surface area contributed by atoms with E-state index in [0.29, 0.717) is 55.9 Å². The highest BCUT2D eigenvalue weighted by atomic mass is 32.2. The molecule has 18 heteroatoms. The molecule has 2 aromatic heterocycles. The smallest absolute Gasteiger partial charge is 0.330 e. The highest BCUT2D eigenvalue weighted by Crippen LogP contribution is 2.31. The van der Waals surface area contributed by atoms with Crippen LogP contribution in [0.25, 0.3) is 10.4 Å². The zero-order valence-corrected chi connectivity index (χ0v) is 35.2. The first-order valence-corrected chi connectivity index (χ1v) is 21.6. The summed E-state index contributed by atoms with van der Waals surface area (Å²) in [6, 6.07) is 5.53. The molecule has 0 unspecified atom stereocenters. The lowest BCUT2D eigenvalue weighted by Crippen LogP contribution is -2.35. The van der Waals surface area contributed by atoms with Crippen LogP contribution >= 0.6 is 11.8 Å². The minimum atomic E-state index is -0.823. The summed E-state index contributed by atoms with van der Waals surface area (Å²) >= 11 is 1.44. The molecule has 3 aromatic rings. The lowest BCUT2D eigenvalue weighted by atomic mass is 10.1. The second kappa shape index (κ2) is 24.2. The van der Waals surface area contributed by atoms with Crippen molar-refractivity contribution in [2.75, 3.05) is 19.7 Å². The van der Waals surface area contributed by atoms with Crippen molar-refractivity contribution in [3.05, 3.63) is 98.8 Å². The minimum absolute atomic E-state index is 0.000589. The number of aromatic nitrogens is 4. The molecule has 1 saturated heterocycles. The Balaban J connectivity index is 1.02. The molecule has 1 fully saturated rings. The molecule has 1 aromatic carbocycles. The number of H-pyrrole nitrogens is 2. The van der Waals surface area contributed by atoms with Crippen LogP contribution in [0.3, 0.4) is 0 Å². The lowest BCUT2D eigenvalue weighted by molar-refractivity contribution is -0.122. The predicted molar refractivity (Wildman–Crippen MR) is 226 cm³/mol. The third kappa shape index (κ3) is 14.7. The third-order valence-corrected chi connectivity index (χ3v) is 11.5. The van der Waals surface area contributed by atoms with Gasteiger partial charge in [-0.15, -0.1) is 0 Å². The van der Waals surface area contributed by atoms with Gasteiger partial charge in [-0.2, -0.15) is 0 Å². The van der Waals surface area contributed by atoms with Gasteiger partial charge < -0.3 is 20.5 Å². The number of hydrogen-bond donors (Lipinski definition) is 5. The van der Waals surface area contributed by atoms with Crippen molar-refractivity contribution in [3.8, 4) is 0 Å². The van der Waals surface area contributed by atoms with Crippen LogP contribution in [0.2, 0.25) is 0 Å². The molecule has 1 aliphatic rings. The van der Waals surface area contributed by atoms with Gasteiger partial charge in [0.2, 0.25) is 11.8 Å². The topological polar surface area (TPSA) is 246 Å². The van der Waals surface area contributed by atoms with E-state index >= 15 is 0 Å². The van der Waals surface area contributed by atoms with Crippen LogP contribution in [0.15, 0.2) is 58.6 Å². The number of nitrogens with one attached hydrogen (secondary N) is 4. The Hall–Kier alpha value is -4.90. The van der Waals surface area contributed by atoms with Crippen LogP contribution < -0.4 is 33.1 Å². The molecule has 0 aliphatic carbocycles. The first-order chi connectivity index (χ1) is 28.4. The van der Waals surface area contributed by atoms with Crippen molar-refractivity contribution in [2.24, 2.45) is 5.11 Å². The molecule has 59 heavy (non-hydrogen) atoms. The summed E-state index contributed by atoms with van der Waals surface area (Å²) in [4.78, 5) is 83.6. The number of carbonyl (C=O) groups is 2. The van der Waals surface area contributed by atoms with Gasteiger partial charge in [0.1, 0.15) is 6.23 Å². The zero-order chi connectivity index (χ0) is 42.7. The maximum absolute atomic E-state index is 12.8. The summed E-state index contributed by atoms with van der Waals surface area (Å²) in [7, 11) is 0. The van der Waals surface area contributed by atoms with Crippen LogP contribution in [-0.4, -0.2) is 67.9 Å². The number of hydrogen-bond acceptors (Lipinski definition) is 10. The molecule has 322 valence electrons. The fourth-order valence-corrected chi connectivity index (χ4v) is 8.59. The number of benzene rings is 1. The van der Waals surface area contributed by atoms with Crippen LogP contribution in [-0.2, 0) is 33.7 Å². The summed E-state index contributed by atoms with van der Waals surface area (Å²) < 4.78 is 8.49. The van der Waals surface area contributed by atoms with Gasteiger partial charge in [-0.05, 0) is 81.2 Å². The predicted octanol–water partition coefficient (Wildman–Crippen LogP) is 4.83. The van der Waals surface area contributed by atoms with Gasteiger partial charge in [-0.1, -0.05) is 68.4 Å². The Morgan fingerprint density at radius 3 is 2.10 bits per heavy atom.